The van der Waals surface area contributed by atoms with Crippen LogP contribution in [0.1, 0.15) is 10.4 Å². The summed E-state index contributed by atoms with van der Waals surface area (Å²) in [5.41, 5.74) is 0.435. The zero-order chi connectivity index (χ0) is 13.1. The van der Waals surface area contributed by atoms with Crippen molar-refractivity contribution in [3.05, 3.63) is 33.3 Å². The van der Waals surface area contributed by atoms with E-state index in [9.17, 15) is 4.79 Å². The van der Waals surface area contributed by atoms with E-state index in [1.165, 1.54) is 0 Å². The Morgan fingerprint density at radius 3 is 3.11 bits per heavy atom. The van der Waals surface area contributed by atoms with Gasteiger partial charge in [0.2, 0.25) is 0 Å². The van der Waals surface area contributed by atoms with Gasteiger partial charge in [0.1, 0.15) is 0 Å². The first-order valence-corrected chi connectivity index (χ1v) is 6.55. The van der Waals surface area contributed by atoms with Gasteiger partial charge in [-0.3, -0.25) is 4.79 Å². The van der Waals surface area contributed by atoms with Crippen molar-refractivity contribution >= 4 is 33.4 Å². The Kier molecular flexibility index (Phi) is 4.23. The number of nitriles is 1. The fraction of sp³-hybridized carbons (Fsp3) is 0.333. The summed E-state index contributed by atoms with van der Waals surface area (Å²) >= 11 is 9.37. The molecule has 94 valence electrons. The third kappa shape index (κ3) is 2.66. The smallest absolute Gasteiger partial charge is 0.255 e. The summed E-state index contributed by atoms with van der Waals surface area (Å²) in [7, 11) is 0. The maximum absolute atomic E-state index is 12.3. The molecule has 0 N–H and O–H groups in total. The fourth-order valence-corrected chi connectivity index (χ4v) is 2.32. The van der Waals surface area contributed by atoms with Crippen molar-refractivity contribution in [3.63, 3.8) is 0 Å². The van der Waals surface area contributed by atoms with Crippen molar-refractivity contribution in [1.82, 2.24) is 4.90 Å². The second kappa shape index (κ2) is 5.70. The van der Waals surface area contributed by atoms with E-state index in [2.05, 4.69) is 15.9 Å². The first-order chi connectivity index (χ1) is 8.63. The Morgan fingerprint density at radius 2 is 2.39 bits per heavy atom. The molecule has 1 aromatic carbocycles. The van der Waals surface area contributed by atoms with Crippen LogP contribution in [0.15, 0.2) is 22.7 Å². The quantitative estimate of drug-likeness (QED) is 0.795. The van der Waals surface area contributed by atoms with Gasteiger partial charge in [-0.2, -0.15) is 5.26 Å². The molecule has 1 fully saturated rings. The van der Waals surface area contributed by atoms with E-state index in [1.54, 1.807) is 23.1 Å². The van der Waals surface area contributed by atoms with Gasteiger partial charge in [-0.05, 0) is 28.1 Å². The van der Waals surface area contributed by atoms with Crippen molar-refractivity contribution in [2.24, 2.45) is 0 Å². The minimum atomic E-state index is -0.561. The van der Waals surface area contributed by atoms with E-state index in [1.807, 2.05) is 6.07 Å². The monoisotopic (exact) mass is 328 g/mol. The summed E-state index contributed by atoms with van der Waals surface area (Å²) in [4.78, 5) is 13.9. The number of ether oxygens (including phenoxy) is 1. The Morgan fingerprint density at radius 1 is 1.61 bits per heavy atom. The summed E-state index contributed by atoms with van der Waals surface area (Å²) in [6, 6.07) is 7.21. The first kappa shape index (κ1) is 13.3. The van der Waals surface area contributed by atoms with Crippen LogP contribution in [0.4, 0.5) is 0 Å². The van der Waals surface area contributed by atoms with E-state index in [-0.39, 0.29) is 12.5 Å². The number of morpholine rings is 1. The SMILES string of the molecule is N#CC1CN(C(=O)c2cccc(Br)c2Cl)CCO1. The molecule has 0 spiro atoms. The average molecular weight is 330 g/mol. The molecule has 18 heavy (non-hydrogen) atoms. The van der Waals surface area contributed by atoms with Gasteiger partial charge in [-0.1, -0.05) is 17.7 Å². The molecule has 0 bridgehead atoms. The molecular formula is C12H10BrClN2O2. The van der Waals surface area contributed by atoms with E-state index in [0.717, 1.165) is 0 Å². The molecule has 0 aliphatic carbocycles. The number of carbonyl (C=O) groups is 1. The largest absolute Gasteiger partial charge is 0.360 e. The lowest BCUT2D eigenvalue weighted by Crippen LogP contribution is -2.45. The molecule has 0 aromatic heterocycles. The molecule has 1 saturated heterocycles. The molecule has 1 amide bonds. The van der Waals surface area contributed by atoms with Crippen LogP contribution < -0.4 is 0 Å². The Labute approximate surface area is 118 Å². The molecule has 1 aromatic rings. The van der Waals surface area contributed by atoms with Crippen LogP contribution in [0.5, 0.6) is 0 Å². The number of nitrogens with zero attached hydrogens (tertiary/aromatic N) is 2. The zero-order valence-electron chi connectivity index (χ0n) is 9.40. The third-order valence-corrected chi connectivity index (χ3v) is 3.98. The average Bonchev–Trinajstić information content (AvgIpc) is 2.41. The van der Waals surface area contributed by atoms with Crippen LogP contribution >= 0.6 is 27.5 Å². The standard InChI is InChI=1S/C12H10BrClN2O2/c13-10-3-1-2-9(11(10)14)12(17)16-4-5-18-8(6-15)7-16/h1-3,8H,4-5,7H2. The second-order valence-corrected chi connectivity index (χ2v) is 5.07. The fourth-order valence-electron chi connectivity index (χ4n) is 1.75. The van der Waals surface area contributed by atoms with E-state index < -0.39 is 6.10 Å². The number of hydrogen-bond donors (Lipinski definition) is 0. The predicted octanol–water partition coefficient (Wildman–Crippen LogP) is 2.47. The summed E-state index contributed by atoms with van der Waals surface area (Å²) < 4.78 is 5.88. The zero-order valence-corrected chi connectivity index (χ0v) is 11.7. The van der Waals surface area contributed by atoms with Crippen LogP contribution in [-0.2, 0) is 4.74 Å². The molecule has 4 nitrogen and oxygen atoms in total. The molecule has 1 atom stereocenters. The molecule has 2 rings (SSSR count). The number of hydrogen-bond acceptors (Lipinski definition) is 3. The summed E-state index contributed by atoms with van der Waals surface area (Å²) in [5.74, 6) is -0.176. The van der Waals surface area contributed by atoms with Gasteiger partial charge < -0.3 is 9.64 Å². The van der Waals surface area contributed by atoms with Gasteiger partial charge in [0.25, 0.3) is 5.91 Å². The maximum atomic E-state index is 12.3. The van der Waals surface area contributed by atoms with Crippen LogP contribution in [0, 0.1) is 11.3 Å². The van der Waals surface area contributed by atoms with Crippen LogP contribution in [0.25, 0.3) is 0 Å². The van der Waals surface area contributed by atoms with Gasteiger partial charge in [0, 0.05) is 11.0 Å². The summed E-state index contributed by atoms with van der Waals surface area (Å²) in [5, 5.41) is 9.20. The van der Waals surface area contributed by atoms with Crippen molar-refractivity contribution in [2.45, 2.75) is 6.10 Å². The molecule has 0 saturated carbocycles. The number of benzene rings is 1. The molecule has 0 radical (unpaired) electrons. The number of halogens is 2. The summed E-state index contributed by atoms with van der Waals surface area (Å²) in [6.45, 7) is 1.12. The lowest BCUT2D eigenvalue weighted by Gasteiger charge is -2.30. The van der Waals surface area contributed by atoms with E-state index in [4.69, 9.17) is 21.6 Å². The number of rotatable bonds is 1. The lowest BCUT2D eigenvalue weighted by atomic mass is 10.1. The van der Waals surface area contributed by atoms with E-state index in [0.29, 0.717) is 28.2 Å². The first-order valence-electron chi connectivity index (χ1n) is 5.38. The minimum Gasteiger partial charge on any atom is -0.360 e. The molecule has 1 aliphatic heterocycles. The van der Waals surface area contributed by atoms with E-state index >= 15 is 0 Å². The highest BCUT2D eigenvalue weighted by Gasteiger charge is 2.26. The highest BCUT2D eigenvalue weighted by molar-refractivity contribution is 9.10. The predicted molar refractivity (Wildman–Crippen MR) is 70.4 cm³/mol. The molecule has 6 heteroatoms. The van der Waals surface area contributed by atoms with Gasteiger partial charge in [-0.15, -0.1) is 0 Å². The topological polar surface area (TPSA) is 53.3 Å². The molecular weight excluding hydrogens is 320 g/mol. The van der Waals surface area contributed by atoms with Gasteiger partial charge in [0.05, 0.1) is 29.8 Å². The minimum absolute atomic E-state index is 0.176. The second-order valence-electron chi connectivity index (χ2n) is 3.84. The van der Waals surface area contributed by atoms with Gasteiger partial charge >= 0.3 is 0 Å². The van der Waals surface area contributed by atoms with Crippen molar-refractivity contribution in [3.8, 4) is 6.07 Å². The van der Waals surface area contributed by atoms with Gasteiger partial charge in [-0.25, -0.2) is 0 Å². The third-order valence-electron chi connectivity index (χ3n) is 2.68. The number of carbonyl (C=O) groups excluding carboxylic acids is 1. The lowest BCUT2D eigenvalue weighted by molar-refractivity contribution is 0.00347. The van der Waals surface area contributed by atoms with Crippen LogP contribution in [-0.4, -0.2) is 36.6 Å². The van der Waals surface area contributed by atoms with Crippen LogP contribution in [0.2, 0.25) is 5.02 Å². The molecule has 1 heterocycles. The van der Waals surface area contributed by atoms with Crippen molar-refractivity contribution in [2.75, 3.05) is 19.7 Å². The van der Waals surface area contributed by atoms with Crippen LogP contribution in [0.3, 0.4) is 0 Å². The highest BCUT2D eigenvalue weighted by Crippen LogP contribution is 2.27. The molecule has 1 aliphatic rings. The molecule has 1 unspecified atom stereocenters. The van der Waals surface area contributed by atoms with Crippen molar-refractivity contribution < 1.29 is 9.53 Å². The highest BCUT2D eigenvalue weighted by atomic mass is 79.9. The Hall–Kier alpha value is -1.09. The normalized spacial score (nSPS) is 19.4. The van der Waals surface area contributed by atoms with Crippen molar-refractivity contribution in [1.29, 1.82) is 5.26 Å². The number of amides is 1. The maximum Gasteiger partial charge on any atom is 0.255 e. The Balaban J connectivity index is 2.21. The van der Waals surface area contributed by atoms with Gasteiger partial charge in [0.15, 0.2) is 6.10 Å². The Bertz CT molecular complexity index is 515. The summed E-state index contributed by atoms with van der Waals surface area (Å²) in [6.07, 6.45) is -0.561.